The molecule has 2 aromatic heterocycles. The molecule has 302 valence electrons. The van der Waals surface area contributed by atoms with Crippen LogP contribution < -0.4 is 19.6 Å². The lowest BCUT2D eigenvalue weighted by atomic mass is 10.0. The molecule has 0 unspecified atom stereocenters. The van der Waals surface area contributed by atoms with E-state index in [1.54, 1.807) is 9.59 Å². The van der Waals surface area contributed by atoms with Gasteiger partial charge in [-0.05, 0) is 109 Å². The summed E-state index contributed by atoms with van der Waals surface area (Å²) < 4.78 is 0. The number of benzene rings is 9. The lowest BCUT2D eigenvalue weighted by Gasteiger charge is -2.44. The lowest BCUT2D eigenvalue weighted by molar-refractivity contribution is 0.717. The van der Waals surface area contributed by atoms with Crippen LogP contribution in [0.4, 0.5) is 68.2 Å². The minimum Gasteiger partial charge on any atom is -0.306 e. The van der Waals surface area contributed by atoms with Gasteiger partial charge < -0.3 is 19.6 Å². The van der Waals surface area contributed by atoms with Gasteiger partial charge in [0.1, 0.15) is 33.4 Å². The molecule has 9 aromatic carbocycles. The van der Waals surface area contributed by atoms with E-state index >= 15 is 0 Å². The van der Waals surface area contributed by atoms with Gasteiger partial charge in [-0.2, -0.15) is 0 Å². The molecule has 0 fully saturated rings. The Bertz CT molecular complexity index is 3170. The van der Waals surface area contributed by atoms with Crippen molar-refractivity contribution in [1.29, 1.82) is 0 Å². The van der Waals surface area contributed by atoms with E-state index in [0.717, 1.165) is 90.3 Å². The second kappa shape index (κ2) is 14.3. The first-order valence-electron chi connectivity index (χ1n) is 21.3. The fourth-order valence-electron chi connectivity index (χ4n) is 9.29. The number of rotatable bonds is 6. The zero-order chi connectivity index (χ0) is 42.1. The molecule has 0 aliphatic carbocycles. The standard InChI is InChI=1S/C54H36N10/c1-3-19-37(20-4-1)59-43-27-11-15-31-47(43)61(48-32-16-12-28-44(48)59)51-35-53(63-55-39-23-7-8-24-40(39)56-63)54(64-57-41-25-9-10-26-42(41)58-64)36-52(51)62-49-33-17-13-29-45(49)60(38-21-5-2-6-22-38)46-30-14-18-34-50(46)62/h1-36H. The fourth-order valence-corrected chi connectivity index (χ4v) is 9.29. The van der Waals surface area contributed by atoms with Gasteiger partial charge in [0, 0.05) is 11.4 Å². The largest absolute Gasteiger partial charge is 0.306 e. The summed E-state index contributed by atoms with van der Waals surface area (Å²) >= 11 is 0. The molecule has 2 aliphatic heterocycles. The summed E-state index contributed by atoms with van der Waals surface area (Å²) in [4.78, 5) is 12.9. The fraction of sp³-hybridized carbons (Fsp3) is 0. The van der Waals surface area contributed by atoms with E-state index in [0.29, 0.717) is 11.4 Å². The number of anilines is 12. The van der Waals surface area contributed by atoms with Gasteiger partial charge in [0.2, 0.25) is 0 Å². The van der Waals surface area contributed by atoms with Gasteiger partial charge >= 0.3 is 0 Å². The van der Waals surface area contributed by atoms with Gasteiger partial charge in [0.05, 0.1) is 56.9 Å². The first-order valence-corrected chi connectivity index (χ1v) is 21.3. The summed E-state index contributed by atoms with van der Waals surface area (Å²) in [5.74, 6) is 0. The third kappa shape index (κ3) is 5.52. The third-order valence-corrected chi connectivity index (χ3v) is 12.0. The van der Waals surface area contributed by atoms with Crippen molar-refractivity contribution >= 4 is 90.3 Å². The number of nitrogens with zero attached hydrogens (tertiary/aromatic N) is 10. The van der Waals surface area contributed by atoms with Gasteiger partial charge in [0.15, 0.2) is 0 Å². The van der Waals surface area contributed by atoms with Crippen LogP contribution in [-0.2, 0) is 0 Å². The molecule has 0 spiro atoms. The zero-order valence-corrected chi connectivity index (χ0v) is 34.3. The van der Waals surface area contributed by atoms with Crippen molar-refractivity contribution in [1.82, 2.24) is 30.0 Å². The normalized spacial score (nSPS) is 12.9. The predicted molar refractivity (Wildman–Crippen MR) is 257 cm³/mol. The zero-order valence-electron chi connectivity index (χ0n) is 34.3. The molecule has 10 nitrogen and oxygen atoms in total. The van der Waals surface area contributed by atoms with Crippen molar-refractivity contribution in [3.63, 3.8) is 0 Å². The molecule has 2 aliphatic rings. The highest BCUT2D eigenvalue weighted by Gasteiger charge is 2.37. The van der Waals surface area contributed by atoms with Crippen molar-refractivity contribution in [3.05, 3.63) is 218 Å². The maximum absolute atomic E-state index is 5.10. The van der Waals surface area contributed by atoms with Crippen LogP contribution in [0.2, 0.25) is 0 Å². The average Bonchev–Trinajstić information content (AvgIpc) is 4.00. The van der Waals surface area contributed by atoms with Crippen LogP contribution in [-0.4, -0.2) is 30.0 Å². The molecular formula is C54H36N10. The number of aromatic nitrogens is 6. The molecule has 4 heterocycles. The minimum atomic E-state index is 0.709. The van der Waals surface area contributed by atoms with E-state index in [2.05, 4.69) is 189 Å². The Kier molecular flexibility index (Phi) is 7.97. The highest BCUT2D eigenvalue weighted by atomic mass is 15.5. The number of hydrogen-bond acceptors (Lipinski definition) is 8. The topological polar surface area (TPSA) is 74.4 Å². The lowest BCUT2D eigenvalue weighted by Crippen LogP contribution is -2.28. The van der Waals surface area contributed by atoms with Gasteiger partial charge in [-0.1, -0.05) is 109 Å². The van der Waals surface area contributed by atoms with Gasteiger partial charge in [-0.3, -0.25) is 0 Å². The molecular weight excluding hydrogens is 789 g/mol. The Morgan fingerprint density at radius 1 is 0.203 bits per heavy atom. The average molecular weight is 825 g/mol. The SMILES string of the molecule is c1ccc(N2c3ccccc3N(c3cc(-n4nc5ccccc5n4)c(-n4nc5ccccc5n4)cc3N3c4ccccc4N(c4ccccc4)c4ccccc43)c3ccccc32)cc1. The van der Waals surface area contributed by atoms with Crippen LogP contribution in [0.15, 0.2) is 218 Å². The smallest absolute Gasteiger partial charge is 0.115 e. The van der Waals surface area contributed by atoms with Crippen LogP contribution >= 0.6 is 0 Å². The molecule has 0 bridgehead atoms. The van der Waals surface area contributed by atoms with E-state index in [1.807, 2.05) is 48.5 Å². The van der Waals surface area contributed by atoms with Gasteiger partial charge in [0.25, 0.3) is 0 Å². The Labute approximate surface area is 368 Å². The van der Waals surface area contributed by atoms with E-state index in [-0.39, 0.29) is 0 Å². The summed E-state index contributed by atoms with van der Waals surface area (Å²) in [5, 5.41) is 20.4. The van der Waals surface area contributed by atoms with Gasteiger partial charge in [-0.25, -0.2) is 0 Å². The summed E-state index contributed by atoms with van der Waals surface area (Å²) in [7, 11) is 0. The van der Waals surface area contributed by atoms with E-state index in [4.69, 9.17) is 20.4 Å². The van der Waals surface area contributed by atoms with Crippen LogP contribution in [0.1, 0.15) is 0 Å². The second-order valence-corrected chi connectivity index (χ2v) is 15.8. The Hall–Kier alpha value is -9.02. The van der Waals surface area contributed by atoms with Crippen molar-refractivity contribution < 1.29 is 0 Å². The first-order chi connectivity index (χ1) is 31.8. The summed E-state index contributed by atoms with van der Waals surface area (Å²) in [6.07, 6.45) is 0. The van der Waals surface area contributed by atoms with Crippen LogP contribution in [0.3, 0.4) is 0 Å². The molecule has 0 saturated heterocycles. The molecule has 0 saturated carbocycles. The quantitative estimate of drug-likeness (QED) is 0.164. The molecule has 0 atom stereocenters. The van der Waals surface area contributed by atoms with Crippen LogP contribution in [0.5, 0.6) is 0 Å². The molecule has 64 heavy (non-hydrogen) atoms. The number of hydrogen-bond donors (Lipinski definition) is 0. The Morgan fingerprint density at radius 3 is 0.719 bits per heavy atom. The molecule has 0 radical (unpaired) electrons. The highest BCUT2D eigenvalue weighted by Crippen LogP contribution is 2.60. The Morgan fingerprint density at radius 2 is 0.438 bits per heavy atom. The van der Waals surface area contributed by atoms with Crippen molar-refractivity contribution in [3.8, 4) is 11.4 Å². The monoisotopic (exact) mass is 824 g/mol. The summed E-state index contributed by atoms with van der Waals surface area (Å²) in [6.45, 7) is 0. The van der Waals surface area contributed by atoms with E-state index < -0.39 is 0 Å². The third-order valence-electron chi connectivity index (χ3n) is 12.0. The number of para-hydroxylation sites is 10. The summed E-state index contributed by atoms with van der Waals surface area (Å²) in [6, 6.07) is 76.0. The second-order valence-electron chi connectivity index (χ2n) is 15.8. The van der Waals surface area contributed by atoms with E-state index in [9.17, 15) is 0 Å². The maximum Gasteiger partial charge on any atom is 0.115 e. The highest BCUT2D eigenvalue weighted by molar-refractivity contribution is 6.08. The maximum atomic E-state index is 5.10. The molecule has 11 aromatic rings. The Balaban J connectivity index is 1.15. The molecule has 0 N–H and O–H groups in total. The number of fused-ring (bicyclic) bond motifs is 6. The molecule has 13 rings (SSSR count). The van der Waals surface area contributed by atoms with Gasteiger partial charge in [-0.15, -0.1) is 30.0 Å². The van der Waals surface area contributed by atoms with Crippen molar-refractivity contribution in [2.75, 3.05) is 19.6 Å². The minimum absolute atomic E-state index is 0.709. The first kappa shape index (κ1) is 35.7. The summed E-state index contributed by atoms with van der Waals surface area (Å²) in [5.41, 5.74) is 16.7. The van der Waals surface area contributed by atoms with E-state index in [1.165, 1.54) is 0 Å². The molecule has 0 amide bonds. The molecule has 10 heteroatoms. The predicted octanol–water partition coefficient (Wildman–Crippen LogP) is 13.7. The van der Waals surface area contributed by atoms with Crippen molar-refractivity contribution in [2.45, 2.75) is 0 Å². The van der Waals surface area contributed by atoms with Crippen molar-refractivity contribution in [2.24, 2.45) is 0 Å². The van der Waals surface area contributed by atoms with Crippen LogP contribution in [0, 0.1) is 0 Å². The van der Waals surface area contributed by atoms with Crippen LogP contribution in [0.25, 0.3) is 33.4 Å².